The first kappa shape index (κ1) is 33.4. The lowest BCUT2D eigenvalue weighted by Crippen LogP contribution is -2.43. The molecule has 0 fully saturated rings. The third kappa shape index (κ3) is 19.3. The van der Waals surface area contributed by atoms with Crippen LogP contribution in [0.5, 0.6) is 0 Å². The normalized spacial score (nSPS) is 11.3. The minimum absolute atomic E-state index is 0.0302. The van der Waals surface area contributed by atoms with Crippen molar-refractivity contribution in [2.24, 2.45) is 0 Å². The van der Waals surface area contributed by atoms with E-state index in [1.807, 2.05) is 0 Å². The van der Waals surface area contributed by atoms with Crippen LogP contribution in [-0.2, 0) is 41.9 Å². The van der Waals surface area contributed by atoms with Gasteiger partial charge in [0.1, 0.15) is 13.2 Å². The van der Waals surface area contributed by atoms with Crippen LogP contribution in [0, 0.1) is 0 Å². The monoisotopic (exact) mass is 523 g/mol. The van der Waals surface area contributed by atoms with Crippen molar-refractivity contribution in [2.75, 3.05) is 60.8 Å². The maximum Gasteiger partial charge on any atom is 0.500 e. The lowest BCUT2D eigenvalue weighted by molar-refractivity contribution is -0.152. The van der Waals surface area contributed by atoms with Gasteiger partial charge in [-0.15, -0.1) is 0 Å². The fraction of sp³-hybridized carbons (Fsp3) is 0.870. The minimum Gasteiger partial charge on any atom is -0.466 e. The summed E-state index contributed by atoms with van der Waals surface area (Å²) in [5, 5.41) is 11.8. The molecule has 206 valence electrons. The van der Waals surface area contributed by atoms with Gasteiger partial charge in [-0.25, -0.2) is 0 Å². The number of aliphatic hydroxyl groups excluding tert-OH is 1. The molecule has 2 N–H and O–H groups in total. The SMILES string of the molecule is CO[Si](CCCNCCC(=O)OCCOC(=O)CCCCCOC(=O)CCCCCO)(OC)OC. The van der Waals surface area contributed by atoms with E-state index in [4.69, 9.17) is 32.6 Å². The van der Waals surface area contributed by atoms with Crippen LogP contribution in [0.15, 0.2) is 0 Å². The predicted octanol–water partition coefficient (Wildman–Crippen LogP) is 1.98. The van der Waals surface area contributed by atoms with Gasteiger partial charge >= 0.3 is 26.7 Å². The van der Waals surface area contributed by atoms with Crippen LogP contribution in [0.3, 0.4) is 0 Å². The van der Waals surface area contributed by atoms with Crippen LogP contribution in [0.1, 0.15) is 64.2 Å². The summed E-state index contributed by atoms with van der Waals surface area (Å²) in [5.74, 6) is -0.922. The van der Waals surface area contributed by atoms with Gasteiger partial charge < -0.3 is 37.9 Å². The van der Waals surface area contributed by atoms with E-state index in [0.717, 1.165) is 25.7 Å². The Bertz CT molecular complexity index is 552. The molecule has 12 heteroatoms. The largest absolute Gasteiger partial charge is 0.500 e. The summed E-state index contributed by atoms with van der Waals surface area (Å²) >= 11 is 0. The zero-order valence-electron chi connectivity index (χ0n) is 21.6. The second-order valence-electron chi connectivity index (χ2n) is 7.91. The van der Waals surface area contributed by atoms with Crippen molar-refractivity contribution in [1.29, 1.82) is 0 Å². The van der Waals surface area contributed by atoms with E-state index >= 15 is 0 Å². The summed E-state index contributed by atoms with van der Waals surface area (Å²) in [6.07, 6.45) is 5.97. The third-order valence-electron chi connectivity index (χ3n) is 5.21. The zero-order chi connectivity index (χ0) is 26.2. The number of aliphatic hydroxyl groups is 1. The Hall–Kier alpha value is -1.57. The van der Waals surface area contributed by atoms with Crippen LogP contribution in [0.25, 0.3) is 0 Å². The standard InChI is InChI=1S/C23H45NO10Si/c1-29-35(30-2,31-3)20-10-14-24-15-13-23(28)34-19-18-33-22(27)12-7-5-9-17-32-21(26)11-6-4-8-16-25/h24-25H,4-20H2,1-3H3. The van der Waals surface area contributed by atoms with E-state index in [9.17, 15) is 14.4 Å². The molecule has 0 aliphatic heterocycles. The Balaban J connectivity index is 3.54. The number of esters is 3. The highest BCUT2D eigenvalue weighted by molar-refractivity contribution is 6.60. The van der Waals surface area contributed by atoms with Crippen LogP contribution in [-0.4, -0.2) is 92.7 Å². The molecule has 0 atom stereocenters. The first-order valence-electron chi connectivity index (χ1n) is 12.4. The van der Waals surface area contributed by atoms with Gasteiger partial charge in [0.2, 0.25) is 0 Å². The smallest absolute Gasteiger partial charge is 0.466 e. The number of unbranched alkanes of at least 4 members (excludes halogenated alkanes) is 4. The fourth-order valence-corrected chi connectivity index (χ4v) is 4.84. The highest BCUT2D eigenvalue weighted by Gasteiger charge is 2.36. The number of hydrogen-bond donors (Lipinski definition) is 2. The molecular weight excluding hydrogens is 478 g/mol. The number of hydrogen-bond acceptors (Lipinski definition) is 11. The van der Waals surface area contributed by atoms with Gasteiger partial charge in [-0.3, -0.25) is 14.4 Å². The topological polar surface area (TPSA) is 139 Å². The van der Waals surface area contributed by atoms with Crippen molar-refractivity contribution in [3.63, 3.8) is 0 Å². The average Bonchev–Trinajstić information content (AvgIpc) is 2.86. The van der Waals surface area contributed by atoms with Crippen LogP contribution in [0.4, 0.5) is 0 Å². The number of carbonyl (C=O) groups excluding carboxylic acids is 3. The van der Waals surface area contributed by atoms with Crippen molar-refractivity contribution < 1.29 is 47.0 Å². The quantitative estimate of drug-likeness (QED) is 0.0831. The predicted molar refractivity (Wildman–Crippen MR) is 131 cm³/mol. The first-order valence-corrected chi connectivity index (χ1v) is 14.3. The van der Waals surface area contributed by atoms with Crippen molar-refractivity contribution in [2.45, 2.75) is 70.3 Å². The average molecular weight is 524 g/mol. The summed E-state index contributed by atoms with van der Waals surface area (Å²) in [4.78, 5) is 34.9. The van der Waals surface area contributed by atoms with E-state index in [2.05, 4.69) is 5.32 Å². The molecule has 0 heterocycles. The van der Waals surface area contributed by atoms with E-state index in [0.29, 0.717) is 51.4 Å². The van der Waals surface area contributed by atoms with Crippen LogP contribution < -0.4 is 5.32 Å². The van der Waals surface area contributed by atoms with Gasteiger partial charge in [-0.05, 0) is 45.1 Å². The Morgan fingerprint density at radius 3 is 1.69 bits per heavy atom. The molecule has 11 nitrogen and oxygen atoms in total. The second kappa shape index (κ2) is 22.9. The van der Waals surface area contributed by atoms with Gasteiger partial charge in [0.05, 0.1) is 13.0 Å². The van der Waals surface area contributed by atoms with Gasteiger partial charge in [0.25, 0.3) is 0 Å². The number of nitrogens with one attached hydrogen (secondary N) is 1. The molecule has 0 bridgehead atoms. The first-order chi connectivity index (χ1) is 16.9. The number of ether oxygens (including phenoxy) is 3. The van der Waals surface area contributed by atoms with Gasteiger partial charge in [-0.2, -0.15) is 0 Å². The molecular formula is C23H45NO10Si. The molecule has 0 aliphatic carbocycles. The molecule has 0 aromatic rings. The molecule has 0 amide bonds. The fourth-order valence-electron chi connectivity index (χ4n) is 3.12. The van der Waals surface area contributed by atoms with E-state index in [1.54, 1.807) is 21.3 Å². The summed E-state index contributed by atoms with van der Waals surface area (Å²) in [6, 6.07) is 0.680. The summed E-state index contributed by atoms with van der Waals surface area (Å²) < 4.78 is 31.3. The summed E-state index contributed by atoms with van der Waals surface area (Å²) in [7, 11) is 2.18. The molecule has 0 rings (SSSR count). The highest BCUT2D eigenvalue weighted by atomic mass is 28.4. The minimum atomic E-state index is -2.55. The number of rotatable bonds is 24. The zero-order valence-corrected chi connectivity index (χ0v) is 22.6. The lowest BCUT2D eigenvalue weighted by Gasteiger charge is -2.24. The van der Waals surface area contributed by atoms with Crippen molar-refractivity contribution in [3.8, 4) is 0 Å². The molecule has 0 spiro atoms. The molecule has 0 unspecified atom stereocenters. The van der Waals surface area contributed by atoms with Crippen molar-refractivity contribution in [1.82, 2.24) is 5.32 Å². The Morgan fingerprint density at radius 2 is 1.14 bits per heavy atom. The van der Waals surface area contributed by atoms with Crippen LogP contribution >= 0.6 is 0 Å². The van der Waals surface area contributed by atoms with Crippen LogP contribution in [0.2, 0.25) is 6.04 Å². The maximum atomic E-state index is 11.7. The van der Waals surface area contributed by atoms with E-state index in [-0.39, 0.29) is 50.6 Å². The van der Waals surface area contributed by atoms with Gasteiger partial charge in [0, 0.05) is 53.4 Å². The maximum absolute atomic E-state index is 11.7. The van der Waals surface area contributed by atoms with Crippen molar-refractivity contribution >= 4 is 26.7 Å². The molecule has 0 radical (unpaired) electrons. The number of carbonyl (C=O) groups is 3. The molecule has 0 aromatic heterocycles. The van der Waals surface area contributed by atoms with E-state index < -0.39 is 8.80 Å². The molecule has 35 heavy (non-hydrogen) atoms. The Morgan fingerprint density at radius 1 is 0.629 bits per heavy atom. The summed E-state index contributed by atoms with van der Waals surface area (Å²) in [6.45, 7) is 1.73. The molecule has 0 aliphatic rings. The molecule has 0 aromatic carbocycles. The van der Waals surface area contributed by atoms with E-state index in [1.165, 1.54) is 0 Å². The van der Waals surface area contributed by atoms with Gasteiger partial charge in [0.15, 0.2) is 0 Å². The molecule has 0 saturated carbocycles. The third-order valence-corrected chi connectivity index (χ3v) is 8.04. The lowest BCUT2D eigenvalue weighted by atomic mass is 10.2. The Labute approximate surface area is 210 Å². The molecule has 0 saturated heterocycles. The van der Waals surface area contributed by atoms with Gasteiger partial charge in [-0.1, -0.05) is 6.42 Å². The Kier molecular flexibility index (Phi) is 21.8. The second-order valence-corrected chi connectivity index (χ2v) is 11.0. The highest BCUT2D eigenvalue weighted by Crippen LogP contribution is 2.14. The van der Waals surface area contributed by atoms with Crippen molar-refractivity contribution in [3.05, 3.63) is 0 Å². The summed E-state index contributed by atoms with van der Waals surface area (Å²) in [5.41, 5.74) is 0.